The molecule has 0 bridgehead atoms. The van der Waals surface area contributed by atoms with Gasteiger partial charge in [0.1, 0.15) is 5.75 Å². The number of ether oxygens (including phenoxy) is 3. The summed E-state index contributed by atoms with van der Waals surface area (Å²) in [6, 6.07) is 14.7. The number of nitrogens with zero attached hydrogens (tertiary/aromatic N) is 1. The number of benzene rings is 2. The molecule has 2 amide bonds. The van der Waals surface area contributed by atoms with Crippen LogP contribution < -0.4 is 20.3 Å². The third kappa shape index (κ3) is 7.63. The second kappa shape index (κ2) is 13.0. The van der Waals surface area contributed by atoms with Crippen molar-refractivity contribution < 1.29 is 24.1 Å². The number of urea groups is 1. The summed E-state index contributed by atoms with van der Waals surface area (Å²) < 4.78 is 16.7. The molecule has 1 fully saturated rings. The van der Waals surface area contributed by atoms with E-state index in [4.69, 9.17) is 19.3 Å². The normalized spacial score (nSPS) is 13.8. The molecule has 0 aromatic heterocycles. The number of carbonyl (C=O) groups excluding carboxylic acids is 1. The number of aliphatic hydroxyl groups is 1. The molecule has 3 N–H and O–H groups in total. The number of methoxy groups -OCH3 is 2. The molecule has 0 unspecified atom stereocenters. The third-order valence-corrected chi connectivity index (χ3v) is 5.66. The van der Waals surface area contributed by atoms with E-state index in [0.29, 0.717) is 24.3 Å². The Kier molecular flexibility index (Phi) is 9.80. The lowest BCUT2D eigenvalue weighted by Crippen LogP contribution is -2.41. The Morgan fingerprint density at radius 3 is 2.27 bits per heavy atom. The fraction of sp³-hybridized carbons (Fsp3) is 0.480. The average Bonchev–Trinajstić information content (AvgIpc) is 3.35. The van der Waals surface area contributed by atoms with Crippen LogP contribution in [0, 0.1) is 0 Å². The summed E-state index contributed by atoms with van der Waals surface area (Å²) >= 11 is 0. The lowest BCUT2D eigenvalue weighted by atomic mass is 10.2. The highest BCUT2D eigenvalue weighted by Gasteiger charge is 2.22. The van der Waals surface area contributed by atoms with Crippen molar-refractivity contribution >= 4 is 23.1 Å². The quantitative estimate of drug-likeness (QED) is 0.322. The highest BCUT2D eigenvalue weighted by molar-refractivity contribution is 6.01. The van der Waals surface area contributed by atoms with Crippen molar-refractivity contribution in [2.75, 3.05) is 49.4 Å². The molecule has 0 aliphatic heterocycles. The molecule has 0 atom stereocenters. The van der Waals surface area contributed by atoms with Crippen LogP contribution in [0.1, 0.15) is 32.1 Å². The van der Waals surface area contributed by atoms with Crippen LogP contribution in [0.5, 0.6) is 5.75 Å². The predicted octanol–water partition coefficient (Wildman–Crippen LogP) is 4.46. The molecular weight excluding hydrogens is 422 g/mol. The van der Waals surface area contributed by atoms with Crippen molar-refractivity contribution in [2.24, 2.45) is 0 Å². The topological polar surface area (TPSA) is 92.3 Å². The minimum absolute atomic E-state index is 0.147. The molecule has 8 nitrogen and oxygen atoms in total. The highest BCUT2D eigenvalue weighted by Crippen LogP contribution is 2.26. The predicted molar refractivity (Wildman–Crippen MR) is 130 cm³/mol. The summed E-state index contributed by atoms with van der Waals surface area (Å²) in [6.45, 7) is 1.06. The zero-order valence-corrected chi connectivity index (χ0v) is 19.5. The van der Waals surface area contributed by atoms with Gasteiger partial charge in [0.15, 0.2) is 6.29 Å². The van der Waals surface area contributed by atoms with Gasteiger partial charge in [-0.2, -0.15) is 0 Å². The van der Waals surface area contributed by atoms with Crippen molar-refractivity contribution in [3.8, 4) is 5.75 Å². The first-order valence-corrected chi connectivity index (χ1v) is 11.5. The number of nitrogens with one attached hydrogen (secondary N) is 2. The third-order valence-electron chi connectivity index (χ3n) is 5.66. The van der Waals surface area contributed by atoms with Crippen molar-refractivity contribution in [1.29, 1.82) is 0 Å². The zero-order chi connectivity index (χ0) is 23.5. The number of rotatable bonds is 12. The van der Waals surface area contributed by atoms with Gasteiger partial charge in [0, 0.05) is 44.4 Å². The summed E-state index contributed by atoms with van der Waals surface area (Å²) in [6.07, 6.45) is 5.01. The Hall–Kier alpha value is -2.81. The lowest BCUT2D eigenvalue weighted by molar-refractivity contribution is -0.0938. The van der Waals surface area contributed by atoms with Gasteiger partial charge in [0.25, 0.3) is 0 Å². The van der Waals surface area contributed by atoms with Gasteiger partial charge in [-0.3, -0.25) is 4.90 Å². The van der Waals surface area contributed by atoms with E-state index in [0.717, 1.165) is 24.3 Å². The molecule has 8 heteroatoms. The van der Waals surface area contributed by atoms with Gasteiger partial charge in [0.05, 0.1) is 12.6 Å². The Labute approximate surface area is 195 Å². The molecule has 1 aliphatic carbocycles. The molecule has 2 aromatic carbocycles. The van der Waals surface area contributed by atoms with Crippen molar-refractivity contribution in [3.63, 3.8) is 0 Å². The average molecular weight is 458 g/mol. The van der Waals surface area contributed by atoms with Crippen molar-refractivity contribution in [3.05, 3.63) is 48.5 Å². The Morgan fingerprint density at radius 1 is 1.03 bits per heavy atom. The molecule has 33 heavy (non-hydrogen) atoms. The second-order valence-electron chi connectivity index (χ2n) is 8.04. The molecule has 2 aromatic rings. The number of anilines is 3. The standard InChI is InChI=1S/C25H35N3O5/c1-31-24(32-2)18-28(21-12-14-23(15-13-21)33-22-6-3-4-7-22)25(30)27-20-10-8-19(9-11-20)26-16-5-17-29/h8-15,22,24,26,29H,3-7,16-18H2,1-2H3,(H,27,30). The first kappa shape index (κ1) is 24.8. The summed E-state index contributed by atoms with van der Waals surface area (Å²) in [7, 11) is 3.09. The number of hydrogen-bond acceptors (Lipinski definition) is 6. The molecule has 180 valence electrons. The van der Waals surface area contributed by atoms with E-state index < -0.39 is 6.29 Å². The Morgan fingerprint density at radius 2 is 1.67 bits per heavy atom. The van der Waals surface area contributed by atoms with Crippen LogP contribution in [0.3, 0.4) is 0 Å². The van der Waals surface area contributed by atoms with Gasteiger partial charge >= 0.3 is 6.03 Å². The van der Waals surface area contributed by atoms with Crippen LogP contribution in [0.25, 0.3) is 0 Å². The maximum Gasteiger partial charge on any atom is 0.326 e. The van der Waals surface area contributed by atoms with E-state index in [-0.39, 0.29) is 25.3 Å². The number of hydrogen-bond donors (Lipinski definition) is 3. The summed E-state index contributed by atoms with van der Waals surface area (Å²) in [5.74, 6) is 0.810. The molecule has 1 saturated carbocycles. The van der Waals surface area contributed by atoms with Gasteiger partial charge in [0.2, 0.25) is 0 Å². The highest BCUT2D eigenvalue weighted by atomic mass is 16.7. The van der Waals surface area contributed by atoms with Gasteiger partial charge in [-0.05, 0) is 80.6 Å². The van der Waals surface area contributed by atoms with Crippen LogP contribution in [-0.2, 0) is 9.47 Å². The van der Waals surface area contributed by atoms with E-state index >= 15 is 0 Å². The monoisotopic (exact) mass is 457 g/mol. The number of aliphatic hydroxyl groups excluding tert-OH is 1. The Bertz CT molecular complexity index is 834. The minimum Gasteiger partial charge on any atom is -0.490 e. The van der Waals surface area contributed by atoms with Gasteiger partial charge in [-0.1, -0.05) is 0 Å². The summed E-state index contributed by atoms with van der Waals surface area (Å²) in [5, 5.41) is 15.1. The summed E-state index contributed by atoms with van der Waals surface area (Å²) in [4.78, 5) is 14.8. The Balaban J connectivity index is 1.68. The van der Waals surface area contributed by atoms with Crippen LogP contribution in [0.15, 0.2) is 48.5 Å². The number of carbonyl (C=O) groups is 1. The zero-order valence-electron chi connectivity index (χ0n) is 19.5. The van der Waals surface area contributed by atoms with E-state index in [2.05, 4.69) is 10.6 Å². The first-order chi connectivity index (χ1) is 16.1. The van der Waals surface area contributed by atoms with Gasteiger partial charge in [-0.15, -0.1) is 0 Å². The number of amides is 2. The fourth-order valence-corrected chi connectivity index (χ4v) is 3.78. The molecule has 0 spiro atoms. The maximum atomic E-state index is 13.2. The molecular formula is C25H35N3O5. The van der Waals surface area contributed by atoms with Crippen LogP contribution in [-0.4, -0.2) is 57.4 Å². The van der Waals surface area contributed by atoms with E-state index in [9.17, 15) is 4.79 Å². The molecule has 1 aliphatic rings. The molecule has 3 rings (SSSR count). The van der Waals surface area contributed by atoms with Crippen LogP contribution >= 0.6 is 0 Å². The van der Waals surface area contributed by atoms with Crippen LogP contribution in [0.4, 0.5) is 21.9 Å². The lowest BCUT2D eigenvalue weighted by Gasteiger charge is -2.27. The van der Waals surface area contributed by atoms with E-state index in [1.807, 2.05) is 48.5 Å². The smallest absolute Gasteiger partial charge is 0.326 e. The molecule has 0 saturated heterocycles. The van der Waals surface area contributed by atoms with Crippen molar-refractivity contribution in [2.45, 2.75) is 44.5 Å². The maximum absolute atomic E-state index is 13.2. The molecule has 0 radical (unpaired) electrons. The fourth-order valence-electron chi connectivity index (χ4n) is 3.78. The first-order valence-electron chi connectivity index (χ1n) is 11.5. The largest absolute Gasteiger partial charge is 0.490 e. The van der Waals surface area contributed by atoms with Crippen molar-refractivity contribution in [1.82, 2.24) is 0 Å². The van der Waals surface area contributed by atoms with Crippen LogP contribution in [0.2, 0.25) is 0 Å². The van der Waals surface area contributed by atoms with Gasteiger partial charge in [-0.25, -0.2) is 4.79 Å². The second-order valence-corrected chi connectivity index (χ2v) is 8.04. The van der Waals surface area contributed by atoms with E-state index in [1.54, 1.807) is 19.1 Å². The summed E-state index contributed by atoms with van der Waals surface area (Å²) in [5.41, 5.74) is 2.31. The van der Waals surface area contributed by atoms with E-state index in [1.165, 1.54) is 12.8 Å². The minimum atomic E-state index is -0.566. The molecule has 0 heterocycles. The SMILES string of the molecule is COC(CN(C(=O)Nc1ccc(NCCCO)cc1)c1ccc(OC2CCCC2)cc1)OC. The van der Waals surface area contributed by atoms with Gasteiger partial charge < -0.3 is 30.0 Å².